The monoisotopic (exact) mass is 294 g/mol. The molecular weight excluding hydrogens is 277 g/mol. The van der Waals surface area contributed by atoms with Gasteiger partial charge in [0.05, 0.1) is 6.04 Å². The highest BCUT2D eigenvalue weighted by Crippen LogP contribution is 2.26. The van der Waals surface area contributed by atoms with Crippen LogP contribution in [0.1, 0.15) is 36.1 Å². The molecular formula is C16H17F3N2. The van der Waals surface area contributed by atoms with Gasteiger partial charge in [0.1, 0.15) is 0 Å². The van der Waals surface area contributed by atoms with Gasteiger partial charge in [0.2, 0.25) is 0 Å². The van der Waals surface area contributed by atoms with Gasteiger partial charge in [-0.05, 0) is 23.6 Å². The van der Waals surface area contributed by atoms with E-state index in [1.165, 1.54) is 6.07 Å². The molecule has 0 aromatic heterocycles. The third-order valence-electron chi connectivity index (χ3n) is 3.39. The van der Waals surface area contributed by atoms with E-state index in [0.717, 1.165) is 24.5 Å². The topological polar surface area (TPSA) is 38.0 Å². The largest absolute Gasteiger partial charge is 0.271 e. The highest BCUT2D eigenvalue weighted by atomic mass is 19.2. The van der Waals surface area contributed by atoms with Crippen LogP contribution < -0.4 is 11.3 Å². The molecule has 0 fully saturated rings. The van der Waals surface area contributed by atoms with E-state index in [-0.39, 0.29) is 5.56 Å². The van der Waals surface area contributed by atoms with Gasteiger partial charge >= 0.3 is 0 Å². The highest BCUT2D eigenvalue weighted by Gasteiger charge is 2.21. The van der Waals surface area contributed by atoms with E-state index in [0.29, 0.717) is 5.56 Å². The Morgan fingerprint density at radius 2 is 1.67 bits per heavy atom. The first-order valence-electron chi connectivity index (χ1n) is 6.76. The lowest BCUT2D eigenvalue weighted by molar-refractivity contribution is 0.433. The zero-order chi connectivity index (χ0) is 15.4. The van der Waals surface area contributed by atoms with E-state index >= 15 is 0 Å². The smallest absolute Gasteiger partial charge is 0.194 e. The summed E-state index contributed by atoms with van der Waals surface area (Å²) in [6.07, 6.45) is 1.97. The quantitative estimate of drug-likeness (QED) is 0.502. The van der Waals surface area contributed by atoms with Gasteiger partial charge in [-0.1, -0.05) is 43.7 Å². The van der Waals surface area contributed by atoms with Crippen LogP contribution in [-0.4, -0.2) is 0 Å². The van der Waals surface area contributed by atoms with Crippen LogP contribution in [0.3, 0.4) is 0 Å². The van der Waals surface area contributed by atoms with Crippen molar-refractivity contribution in [2.45, 2.75) is 25.8 Å². The van der Waals surface area contributed by atoms with Crippen molar-refractivity contribution in [1.29, 1.82) is 0 Å². The molecule has 0 saturated carbocycles. The Labute approximate surface area is 121 Å². The minimum Gasteiger partial charge on any atom is -0.271 e. The van der Waals surface area contributed by atoms with Gasteiger partial charge < -0.3 is 0 Å². The summed E-state index contributed by atoms with van der Waals surface area (Å²) in [6.45, 7) is 2.08. The Kier molecular flexibility index (Phi) is 4.98. The van der Waals surface area contributed by atoms with Crippen molar-refractivity contribution >= 4 is 0 Å². The fraction of sp³-hybridized carbons (Fsp3) is 0.250. The number of halogens is 3. The second-order valence-electron chi connectivity index (χ2n) is 4.86. The highest BCUT2D eigenvalue weighted by molar-refractivity contribution is 5.35. The summed E-state index contributed by atoms with van der Waals surface area (Å²) in [5, 5.41) is 0. The van der Waals surface area contributed by atoms with Crippen molar-refractivity contribution in [3.63, 3.8) is 0 Å². The Hall–Kier alpha value is -1.85. The molecule has 5 heteroatoms. The van der Waals surface area contributed by atoms with Crippen molar-refractivity contribution in [2.75, 3.05) is 0 Å². The van der Waals surface area contributed by atoms with Gasteiger partial charge in [0.25, 0.3) is 0 Å². The van der Waals surface area contributed by atoms with Crippen molar-refractivity contribution in [3.05, 3.63) is 70.5 Å². The third-order valence-corrected chi connectivity index (χ3v) is 3.39. The van der Waals surface area contributed by atoms with Gasteiger partial charge in [-0.25, -0.2) is 18.6 Å². The molecule has 2 rings (SSSR count). The molecule has 0 bridgehead atoms. The third kappa shape index (κ3) is 3.25. The van der Waals surface area contributed by atoms with E-state index in [1.807, 2.05) is 12.1 Å². The first-order chi connectivity index (χ1) is 10.1. The van der Waals surface area contributed by atoms with Gasteiger partial charge in [0.15, 0.2) is 17.5 Å². The molecule has 2 nitrogen and oxygen atoms in total. The second-order valence-corrected chi connectivity index (χ2v) is 4.86. The SMILES string of the molecule is CCCc1ccc(C(NN)c2ccc(F)c(F)c2F)cc1. The Morgan fingerprint density at radius 1 is 1.00 bits per heavy atom. The molecule has 0 radical (unpaired) electrons. The number of hydrazine groups is 1. The number of benzene rings is 2. The minimum absolute atomic E-state index is 0.0281. The molecule has 2 aromatic carbocycles. The lowest BCUT2D eigenvalue weighted by Gasteiger charge is -2.18. The van der Waals surface area contributed by atoms with Crippen LogP contribution >= 0.6 is 0 Å². The number of rotatable bonds is 5. The maximum absolute atomic E-state index is 13.9. The van der Waals surface area contributed by atoms with Gasteiger partial charge in [-0.2, -0.15) is 0 Å². The van der Waals surface area contributed by atoms with Crippen LogP contribution in [0.2, 0.25) is 0 Å². The molecule has 0 amide bonds. The van der Waals surface area contributed by atoms with Crippen LogP contribution in [0, 0.1) is 17.5 Å². The molecule has 0 saturated heterocycles. The Bertz CT molecular complexity index is 612. The van der Waals surface area contributed by atoms with Crippen LogP contribution in [0.4, 0.5) is 13.2 Å². The summed E-state index contributed by atoms with van der Waals surface area (Å²) in [5.74, 6) is 1.52. The number of aryl methyl sites for hydroxylation is 1. The Balaban J connectivity index is 2.37. The summed E-state index contributed by atoms with van der Waals surface area (Å²) in [5.41, 5.74) is 4.25. The molecule has 0 aliphatic heterocycles. The molecule has 21 heavy (non-hydrogen) atoms. The summed E-state index contributed by atoms with van der Waals surface area (Å²) in [4.78, 5) is 0. The van der Waals surface area contributed by atoms with E-state index in [1.54, 1.807) is 12.1 Å². The number of hydrogen-bond acceptors (Lipinski definition) is 2. The van der Waals surface area contributed by atoms with E-state index < -0.39 is 23.5 Å². The average molecular weight is 294 g/mol. The van der Waals surface area contributed by atoms with E-state index in [4.69, 9.17) is 5.84 Å². The van der Waals surface area contributed by atoms with E-state index in [2.05, 4.69) is 12.3 Å². The average Bonchev–Trinajstić information content (AvgIpc) is 2.50. The van der Waals surface area contributed by atoms with E-state index in [9.17, 15) is 13.2 Å². The Morgan fingerprint density at radius 3 is 2.24 bits per heavy atom. The van der Waals surface area contributed by atoms with Crippen molar-refractivity contribution in [2.24, 2.45) is 5.84 Å². The summed E-state index contributed by atoms with van der Waals surface area (Å²) >= 11 is 0. The summed E-state index contributed by atoms with van der Waals surface area (Å²) in [7, 11) is 0. The molecule has 0 spiro atoms. The molecule has 1 unspecified atom stereocenters. The maximum Gasteiger partial charge on any atom is 0.194 e. The lowest BCUT2D eigenvalue weighted by Crippen LogP contribution is -2.29. The van der Waals surface area contributed by atoms with Crippen LogP contribution in [0.5, 0.6) is 0 Å². The standard InChI is InChI=1S/C16H17F3N2/c1-2-3-10-4-6-11(7-5-10)16(21-20)12-8-9-13(17)15(19)14(12)18/h4-9,16,21H,2-3,20H2,1H3. The summed E-state index contributed by atoms with van der Waals surface area (Å²) in [6, 6.07) is 8.78. The molecule has 3 N–H and O–H groups in total. The second kappa shape index (κ2) is 6.74. The predicted octanol–water partition coefficient (Wildman–Crippen LogP) is 3.61. The number of hydrogen-bond donors (Lipinski definition) is 2. The normalized spacial score (nSPS) is 12.4. The zero-order valence-corrected chi connectivity index (χ0v) is 11.7. The molecule has 0 aliphatic carbocycles. The molecule has 2 aromatic rings. The van der Waals surface area contributed by atoms with Crippen LogP contribution in [0.15, 0.2) is 36.4 Å². The maximum atomic E-state index is 13.9. The lowest BCUT2D eigenvalue weighted by atomic mass is 9.97. The fourth-order valence-electron chi connectivity index (χ4n) is 2.29. The fourth-order valence-corrected chi connectivity index (χ4v) is 2.29. The first-order valence-corrected chi connectivity index (χ1v) is 6.76. The molecule has 112 valence electrons. The van der Waals surface area contributed by atoms with Gasteiger partial charge in [-0.15, -0.1) is 0 Å². The zero-order valence-electron chi connectivity index (χ0n) is 11.7. The molecule has 0 aliphatic rings. The molecule has 0 heterocycles. The number of nitrogens with one attached hydrogen (secondary N) is 1. The summed E-state index contributed by atoms with van der Waals surface area (Å²) < 4.78 is 40.2. The van der Waals surface area contributed by atoms with Crippen LogP contribution in [-0.2, 0) is 6.42 Å². The van der Waals surface area contributed by atoms with Crippen molar-refractivity contribution in [1.82, 2.24) is 5.43 Å². The molecule has 1 atom stereocenters. The first kappa shape index (κ1) is 15.5. The predicted molar refractivity (Wildman–Crippen MR) is 75.9 cm³/mol. The van der Waals surface area contributed by atoms with Gasteiger partial charge in [0, 0.05) is 5.56 Å². The number of nitrogens with two attached hydrogens (primary N) is 1. The van der Waals surface area contributed by atoms with Gasteiger partial charge in [-0.3, -0.25) is 5.84 Å². The van der Waals surface area contributed by atoms with Crippen LogP contribution in [0.25, 0.3) is 0 Å². The van der Waals surface area contributed by atoms with Crippen molar-refractivity contribution in [3.8, 4) is 0 Å². The minimum atomic E-state index is -1.49. The van der Waals surface area contributed by atoms with Crippen molar-refractivity contribution < 1.29 is 13.2 Å².